The van der Waals surface area contributed by atoms with Crippen LogP contribution in [0.3, 0.4) is 0 Å². The molecule has 0 aromatic heterocycles. The minimum atomic E-state index is -0.347. The van der Waals surface area contributed by atoms with Crippen LogP contribution in [0.1, 0.15) is 18.5 Å². The monoisotopic (exact) mass is 313 g/mol. The van der Waals surface area contributed by atoms with Crippen LogP contribution in [0.25, 0.3) is 0 Å². The summed E-state index contributed by atoms with van der Waals surface area (Å²) in [4.78, 5) is 22.4. The standard InChI is InChI=1S/C12H16BrN3O2/c1-8(9-3-2-4-10(13)5-9)16-12(18)7-15-11(17)6-14/h2-5,8H,6-7,14H2,1H3,(H,15,17)(H,16,18). The average molecular weight is 314 g/mol. The van der Waals surface area contributed by atoms with Crippen molar-refractivity contribution in [3.63, 3.8) is 0 Å². The lowest BCUT2D eigenvalue weighted by Crippen LogP contribution is -2.40. The van der Waals surface area contributed by atoms with Crippen LogP contribution in [0.5, 0.6) is 0 Å². The Morgan fingerprint density at radius 3 is 2.72 bits per heavy atom. The highest BCUT2D eigenvalue weighted by atomic mass is 79.9. The third-order valence-corrected chi connectivity index (χ3v) is 2.85. The molecule has 1 unspecified atom stereocenters. The number of halogens is 1. The molecule has 0 saturated carbocycles. The third kappa shape index (κ3) is 4.85. The van der Waals surface area contributed by atoms with E-state index in [4.69, 9.17) is 5.73 Å². The zero-order valence-electron chi connectivity index (χ0n) is 10.1. The van der Waals surface area contributed by atoms with Crippen LogP contribution in [0.2, 0.25) is 0 Å². The Hall–Kier alpha value is -1.40. The zero-order chi connectivity index (χ0) is 13.5. The van der Waals surface area contributed by atoms with Crippen molar-refractivity contribution in [1.82, 2.24) is 10.6 Å². The molecule has 6 heteroatoms. The number of rotatable bonds is 5. The molecule has 0 fully saturated rings. The Morgan fingerprint density at radius 1 is 1.39 bits per heavy atom. The van der Waals surface area contributed by atoms with Gasteiger partial charge in [-0.3, -0.25) is 9.59 Å². The van der Waals surface area contributed by atoms with E-state index >= 15 is 0 Å². The fraction of sp³-hybridized carbons (Fsp3) is 0.333. The number of benzene rings is 1. The molecule has 1 atom stereocenters. The van der Waals surface area contributed by atoms with Crippen LogP contribution in [0.4, 0.5) is 0 Å². The van der Waals surface area contributed by atoms with Crippen molar-refractivity contribution in [2.24, 2.45) is 5.73 Å². The number of carbonyl (C=O) groups is 2. The van der Waals surface area contributed by atoms with Crippen LogP contribution < -0.4 is 16.4 Å². The van der Waals surface area contributed by atoms with Crippen LogP contribution in [-0.2, 0) is 9.59 Å². The van der Waals surface area contributed by atoms with Gasteiger partial charge in [0.15, 0.2) is 0 Å². The highest BCUT2D eigenvalue weighted by molar-refractivity contribution is 9.10. The van der Waals surface area contributed by atoms with Gasteiger partial charge >= 0.3 is 0 Å². The summed E-state index contributed by atoms with van der Waals surface area (Å²) < 4.78 is 0.956. The molecule has 4 N–H and O–H groups in total. The minimum Gasteiger partial charge on any atom is -0.348 e. The number of carbonyl (C=O) groups excluding carboxylic acids is 2. The molecule has 0 bridgehead atoms. The predicted molar refractivity (Wildman–Crippen MR) is 72.8 cm³/mol. The first-order valence-electron chi connectivity index (χ1n) is 5.54. The van der Waals surface area contributed by atoms with E-state index in [1.165, 1.54) is 0 Å². The van der Waals surface area contributed by atoms with Gasteiger partial charge in [-0.1, -0.05) is 28.1 Å². The Labute approximate surface area is 114 Å². The van der Waals surface area contributed by atoms with Crippen molar-refractivity contribution in [3.05, 3.63) is 34.3 Å². The Morgan fingerprint density at radius 2 is 2.11 bits per heavy atom. The SMILES string of the molecule is CC(NC(=O)CNC(=O)CN)c1cccc(Br)c1. The molecular formula is C12H16BrN3O2. The molecule has 0 heterocycles. The molecule has 0 aliphatic rings. The van der Waals surface area contributed by atoms with Gasteiger partial charge in [0.1, 0.15) is 0 Å². The van der Waals surface area contributed by atoms with Gasteiger partial charge in [0.2, 0.25) is 11.8 Å². The topological polar surface area (TPSA) is 84.2 Å². The van der Waals surface area contributed by atoms with Crippen LogP contribution in [-0.4, -0.2) is 24.9 Å². The lowest BCUT2D eigenvalue weighted by atomic mass is 10.1. The minimum absolute atomic E-state index is 0.0611. The van der Waals surface area contributed by atoms with E-state index in [1.807, 2.05) is 31.2 Å². The number of nitrogens with two attached hydrogens (primary N) is 1. The van der Waals surface area contributed by atoms with Gasteiger partial charge < -0.3 is 16.4 Å². The van der Waals surface area contributed by atoms with Crippen molar-refractivity contribution in [2.75, 3.05) is 13.1 Å². The smallest absolute Gasteiger partial charge is 0.239 e. The molecule has 0 aliphatic heterocycles. The van der Waals surface area contributed by atoms with E-state index in [0.29, 0.717) is 0 Å². The van der Waals surface area contributed by atoms with Gasteiger partial charge in [-0.15, -0.1) is 0 Å². The number of hydrogen-bond acceptors (Lipinski definition) is 3. The first-order chi connectivity index (χ1) is 8.52. The summed E-state index contributed by atoms with van der Waals surface area (Å²) in [6, 6.07) is 7.56. The number of hydrogen-bond donors (Lipinski definition) is 3. The van der Waals surface area contributed by atoms with Crippen molar-refractivity contribution < 1.29 is 9.59 Å². The molecule has 0 spiro atoms. The molecular weight excluding hydrogens is 298 g/mol. The fourth-order valence-electron chi connectivity index (χ4n) is 1.40. The molecule has 0 saturated heterocycles. The summed E-state index contributed by atoms with van der Waals surface area (Å²) in [5.74, 6) is -0.593. The maximum absolute atomic E-state index is 11.6. The van der Waals surface area contributed by atoms with Crippen LogP contribution in [0, 0.1) is 0 Å². The first-order valence-corrected chi connectivity index (χ1v) is 6.34. The summed E-state index contributed by atoms with van der Waals surface area (Å²) in [6.07, 6.45) is 0. The van der Waals surface area contributed by atoms with Crippen LogP contribution in [0.15, 0.2) is 28.7 Å². The van der Waals surface area contributed by atoms with Crippen molar-refractivity contribution in [1.29, 1.82) is 0 Å². The van der Waals surface area contributed by atoms with Gasteiger partial charge in [-0.2, -0.15) is 0 Å². The Kier molecular flexibility index (Phi) is 5.80. The predicted octanol–water partition coefficient (Wildman–Crippen LogP) is 0.701. The maximum atomic E-state index is 11.6. The van der Waals surface area contributed by atoms with E-state index in [2.05, 4.69) is 26.6 Å². The average Bonchev–Trinajstić information content (AvgIpc) is 2.35. The summed E-state index contributed by atoms with van der Waals surface area (Å²) >= 11 is 3.37. The van der Waals surface area contributed by atoms with Gasteiger partial charge in [0.05, 0.1) is 19.1 Å². The van der Waals surface area contributed by atoms with Crippen molar-refractivity contribution >= 4 is 27.7 Å². The fourth-order valence-corrected chi connectivity index (χ4v) is 1.82. The van der Waals surface area contributed by atoms with E-state index in [0.717, 1.165) is 10.0 Å². The molecule has 1 aromatic rings. The number of amides is 2. The molecule has 18 heavy (non-hydrogen) atoms. The lowest BCUT2D eigenvalue weighted by molar-refractivity contribution is -0.125. The molecule has 5 nitrogen and oxygen atoms in total. The van der Waals surface area contributed by atoms with Crippen LogP contribution >= 0.6 is 15.9 Å². The van der Waals surface area contributed by atoms with Crippen molar-refractivity contribution in [2.45, 2.75) is 13.0 Å². The molecule has 0 radical (unpaired) electrons. The lowest BCUT2D eigenvalue weighted by Gasteiger charge is -2.14. The third-order valence-electron chi connectivity index (χ3n) is 2.36. The Balaban J connectivity index is 2.47. The second-order valence-corrected chi connectivity index (χ2v) is 4.74. The summed E-state index contributed by atoms with van der Waals surface area (Å²) in [6.45, 7) is 1.70. The van der Waals surface area contributed by atoms with Gasteiger partial charge in [0, 0.05) is 4.47 Å². The summed E-state index contributed by atoms with van der Waals surface area (Å²) in [5, 5.41) is 5.20. The van der Waals surface area contributed by atoms with E-state index in [1.54, 1.807) is 0 Å². The van der Waals surface area contributed by atoms with Crippen molar-refractivity contribution in [3.8, 4) is 0 Å². The number of nitrogens with one attached hydrogen (secondary N) is 2. The van der Waals surface area contributed by atoms with Gasteiger partial charge in [-0.05, 0) is 24.6 Å². The van der Waals surface area contributed by atoms with Gasteiger partial charge in [-0.25, -0.2) is 0 Å². The molecule has 0 aliphatic carbocycles. The second kappa shape index (κ2) is 7.13. The highest BCUT2D eigenvalue weighted by Crippen LogP contribution is 2.17. The van der Waals surface area contributed by atoms with E-state index in [-0.39, 0.29) is 30.9 Å². The zero-order valence-corrected chi connectivity index (χ0v) is 11.7. The quantitative estimate of drug-likeness (QED) is 0.748. The van der Waals surface area contributed by atoms with E-state index < -0.39 is 0 Å². The second-order valence-electron chi connectivity index (χ2n) is 3.83. The Bertz CT molecular complexity index is 437. The maximum Gasteiger partial charge on any atom is 0.239 e. The highest BCUT2D eigenvalue weighted by Gasteiger charge is 2.10. The molecule has 2 amide bonds. The first kappa shape index (κ1) is 14.7. The molecule has 98 valence electrons. The summed E-state index contributed by atoms with van der Waals surface area (Å²) in [5.41, 5.74) is 6.11. The van der Waals surface area contributed by atoms with E-state index in [9.17, 15) is 9.59 Å². The molecule has 1 aromatic carbocycles. The summed E-state index contributed by atoms with van der Waals surface area (Å²) in [7, 11) is 0. The van der Waals surface area contributed by atoms with Gasteiger partial charge in [0.25, 0.3) is 0 Å². The molecule has 1 rings (SSSR count). The largest absolute Gasteiger partial charge is 0.348 e. The normalized spacial score (nSPS) is 11.7.